The summed E-state index contributed by atoms with van der Waals surface area (Å²) in [7, 11) is 3.06. The van der Waals surface area contributed by atoms with Gasteiger partial charge < -0.3 is 20.4 Å². The number of oxime groups is 1. The minimum Gasteiger partial charge on any atom is -0.493 e. The molecule has 6 heteroatoms. The highest BCUT2D eigenvalue weighted by atomic mass is 35.5. The van der Waals surface area contributed by atoms with Crippen molar-refractivity contribution in [3.63, 3.8) is 0 Å². The van der Waals surface area contributed by atoms with Crippen molar-refractivity contribution in [2.45, 2.75) is 0 Å². The van der Waals surface area contributed by atoms with E-state index in [2.05, 4.69) is 5.16 Å². The molecule has 0 aliphatic heterocycles. The van der Waals surface area contributed by atoms with Gasteiger partial charge >= 0.3 is 0 Å². The van der Waals surface area contributed by atoms with Gasteiger partial charge in [-0.2, -0.15) is 0 Å². The summed E-state index contributed by atoms with van der Waals surface area (Å²) in [6.45, 7) is 0. The first-order valence-electron chi connectivity index (χ1n) is 3.93. The Kier molecular flexibility index (Phi) is 5.33. The molecule has 0 radical (unpaired) electrons. The number of methoxy groups -OCH3 is 2. The van der Waals surface area contributed by atoms with E-state index in [1.807, 2.05) is 0 Å². The van der Waals surface area contributed by atoms with E-state index in [4.69, 9.17) is 20.4 Å². The van der Waals surface area contributed by atoms with E-state index >= 15 is 0 Å². The SMILES string of the molecule is COc1ccc(/C(N)=N\O)cc1OC.Cl. The molecule has 1 aromatic carbocycles. The summed E-state index contributed by atoms with van der Waals surface area (Å²) in [6.07, 6.45) is 0. The monoisotopic (exact) mass is 232 g/mol. The van der Waals surface area contributed by atoms with E-state index in [1.54, 1.807) is 25.3 Å². The molecule has 0 aliphatic rings. The number of rotatable bonds is 3. The van der Waals surface area contributed by atoms with E-state index in [0.29, 0.717) is 17.1 Å². The van der Waals surface area contributed by atoms with Crippen LogP contribution in [0.4, 0.5) is 0 Å². The van der Waals surface area contributed by atoms with E-state index in [0.717, 1.165) is 0 Å². The Labute approximate surface area is 93.9 Å². The molecule has 0 saturated heterocycles. The maximum absolute atomic E-state index is 8.47. The molecular weight excluding hydrogens is 220 g/mol. The number of nitrogens with zero attached hydrogens (tertiary/aromatic N) is 1. The summed E-state index contributed by atoms with van der Waals surface area (Å²) in [5.41, 5.74) is 5.99. The van der Waals surface area contributed by atoms with E-state index in [1.165, 1.54) is 7.11 Å². The molecule has 0 bridgehead atoms. The summed E-state index contributed by atoms with van der Waals surface area (Å²) in [4.78, 5) is 0. The second kappa shape index (κ2) is 5.98. The van der Waals surface area contributed by atoms with Gasteiger partial charge in [-0.1, -0.05) is 5.16 Å². The van der Waals surface area contributed by atoms with Gasteiger partial charge in [-0.3, -0.25) is 0 Å². The topological polar surface area (TPSA) is 77.1 Å². The van der Waals surface area contributed by atoms with Crippen LogP contribution in [0.25, 0.3) is 0 Å². The summed E-state index contributed by atoms with van der Waals surface area (Å²) >= 11 is 0. The molecule has 0 fully saturated rings. The average molecular weight is 233 g/mol. The van der Waals surface area contributed by atoms with Gasteiger partial charge in [-0.05, 0) is 18.2 Å². The normalized spacial score (nSPS) is 10.4. The lowest BCUT2D eigenvalue weighted by atomic mass is 10.2. The molecule has 0 amide bonds. The standard InChI is InChI=1S/C9H12N2O3.ClH/c1-13-7-4-3-6(9(10)11-12)5-8(7)14-2;/h3-5,12H,1-2H3,(H2,10,11);1H. The fourth-order valence-corrected chi connectivity index (χ4v) is 1.05. The molecule has 3 N–H and O–H groups in total. The third-order valence-corrected chi connectivity index (χ3v) is 1.79. The summed E-state index contributed by atoms with van der Waals surface area (Å²) in [6, 6.07) is 5.00. The Balaban J connectivity index is 0.00000196. The molecule has 0 aliphatic carbocycles. The second-order valence-corrected chi connectivity index (χ2v) is 2.56. The predicted molar refractivity (Wildman–Crippen MR) is 59.3 cm³/mol. The fourth-order valence-electron chi connectivity index (χ4n) is 1.05. The number of hydrogen-bond donors (Lipinski definition) is 2. The quantitative estimate of drug-likeness (QED) is 0.356. The highest BCUT2D eigenvalue weighted by Gasteiger charge is 2.06. The lowest BCUT2D eigenvalue weighted by Gasteiger charge is -2.08. The van der Waals surface area contributed by atoms with Crippen LogP contribution in [0.2, 0.25) is 0 Å². The molecule has 5 nitrogen and oxygen atoms in total. The van der Waals surface area contributed by atoms with Gasteiger partial charge in [0.05, 0.1) is 14.2 Å². The van der Waals surface area contributed by atoms with E-state index in [9.17, 15) is 0 Å². The average Bonchev–Trinajstić information content (AvgIpc) is 2.26. The smallest absolute Gasteiger partial charge is 0.170 e. The van der Waals surface area contributed by atoms with Gasteiger partial charge in [0.2, 0.25) is 0 Å². The number of amidine groups is 1. The van der Waals surface area contributed by atoms with Gasteiger partial charge in [0, 0.05) is 5.56 Å². The maximum atomic E-state index is 8.47. The highest BCUT2D eigenvalue weighted by molar-refractivity contribution is 5.97. The number of halogens is 1. The highest BCUT2D eigenvalue weighted by Crippen LogP contribution is 2.27. The number of nitrogens with two attached hydrogens (primary N) is 1. The lowest BCUT2D eigenvalue weighted by Crippen LogP contribution is -2.13. The van der Waals surface area contributed by atoms with Gasteiger partial charge in [0.25, 0.3) is 0 Å². The minimum absolute atomic E-state index is 0. The Morgan fingerprint density at radius 3 is 2.33 bits per heavy atom. The molecule has 0 unspecified atom stereocenters. The summed E-state index contributed by atoms with van der Waals surface area (Å²) in [5, 5.41) is 11.4. The molecule has 0 heterocycles. The van der Waals surface area contributed by atoms with Crippen molar-refractivity contribution in [1.82, 2.24) is 0 Å². The zero-order valence-corrected chi connectivity index (χ0v) is 9.25. The minimum atomic E-state index is 0. The molecule has 0 spiro atoms. The van der Waals surface area contributed by atoms with Crippen molar-refractivity contribution in [2.24, 2.45) is 10.9 Å². The molecule has 1 aromatic rings. The van der Waals surface area contributed by atoms with Crippen LogP contribution in [0.5, 0.6) is 11.5 Å². The van der Waals surface area contributed by atoms with Crippen molar-refractivity contribution in [3.8, 4) is 11.5 Å². The third kappa shape index (κ3) is 2.92. The van der Waals surface area contributed by atoms with Crippen LogP contribution < -0.4 is 15.2 Å². The van der Waals surface area contributed by atoms with Crippen molar-refractivity contribution in [2.75, 3.05) is 14.2 Å². The van der Waals surface area contributed by atoms with Crippen LogP contribution in [0.3, 0.4) is 0 Å². The first kappa shape index (κ1) is 13.4. The molecule has 0 atom stereocenters. The first-order valence-corrected chi connectivity index (χ1v) is 3.93. The van der Waals surface area contributed by atoms with Crippen LogP contribution in [0.1, 0.15) is 5.56 Å². The molecular formula is C9H13ClN2O3. The van der Waals surface area contributed by atoms with E-state index < -0.39 is 0 Å². The Hall–Kier alpha value is -1.62. The van der Waals surface area contributed by atoms with Crippen LogP contribution >= 0.6 is 12.4 Å². The van der Waals surface area contributed by atoms with Crippen LogP contribution in [0, 0.1) is 0 Å². The summed E-state index contributed by atoms with van der Waals surface area (Å²) in [5.74, 6) is 1.17. The lowest BCUT2D eigenvalue weighted by molar-refractivity contribution is 0.318. The van der Waals surface area contributed by atoms with Crippen LogP contribution in [-0.4, -0.2) is 25.3 Å². The Bertz CT molecular complexity index is 355. The van der Waals surface area contributed by atoms with Crippen molar-refractivity contribution in [3.05, 3.63) is 23.8 Å². The van der Waals surface area contributed by atoms with Crippen LogP contribution in [0.15, 0.2) is 23.4 Å². The number of hydrogen-bond acceptors (Lipinski definition) is 4. The van der Waals surface area contributed by atoms with Gasteiger partial charge in [0.15, 0.2) is 17.3 Å². The number of ether oxygens (including phenoxy) is 2. The van der Waals surface area contributed by atoms with Crippen molar-refractivity contribution in [1.29, 1.82) is 0 Å². The second-order valence-electron chi connectivity index (χ2n) is 2.56. The molecule has 84 valence electrons. The largest absolute Gasteiger partial charge is 0.493 e. The van der Waals surface area contributed by atoms with Crippen molar-refractivity contribution >= 4 is 18.2 Å². The fraction of sp³-hybridized carbons (Fsp3) is 0.222. The van der Waals surface area contributed by atoms with Crippen molar-refractivity contribution < 1.29 is 14.7 Å². The first-order chi connectivity index (χ1) is 6.72. The molecule has 0 saturated carbocycles. The number of benzene rings is 1. The molecule has 15 heavy (non-hydrogen) atoms. The predicted octanol–water partition coefficient (Wildman–Crippen LogP) is 1.22. The molecule has 0 aromatic heterocycles. The molecule has 1 rings (SSSR count). The Morgan fingerprint density at radius 1 is 1.27 bits per heavy atom. The van der Waals surface area contributed by atoms with E-state index in [-0.39, 0.29) is 18.2 Å². The summed E-state index contributed by atoms with van der Waals surface area (Å²) < 4.78 is 10.1. The van der Waals surface area contributed by atoms with Gasteiger partial charge in [-0.25, -0.2) is 0 Å². The zero-order valence-electron chi connectivity index (χ0n) is 8.43. The Morgan fingerprint density at radius 2 is 1.87 bits per heavy atom. The maximum Gasteiger partial charge on any atom is 0.170 e. The third-order valence-electron chi connectivity index (χ3n) is 1.79. The van der Waals surface area contributed by atoms with Crippen LogP contribution in [-0.2, 0) is 0 Å². The van der Waals surface area contributed by atoms with Gasteiger partial charge in [0.1, 0.15) is 0 Å². The zero-order chi connectivity index (χ0) is 10.6. The van der Waals surface area contributed by atoms with Gasteiger partial charge in [-0.15, -0.1) is 12.4 Å².